The van der Waals surface area contributed by atoms with E-state index in [0.717, 1.165) is 24.2 Å². The van der Waals surface area contributed by atoms with E-state index in [0.29, 0.717) is 10.8 Å². The fraction of sp³-hybridized carbons (Fsp3) is 0.538. The molecule has 0 radical (unpaired) electrons. The average molecular weight is 269 g/mol. The zero-order chi connectivity index (χ0) is 13.7. The minimum absolute atomic E-state index is 0.0999. The quantitative estimate of drug-likeness (QED) is 0.834. The molecule has 0 aromatic carbocycles. The lowest BCUT2D eigenvalue weighted by molar-refractivity contribution is 0.0702. The van der Waals surface area contributed by atoms with Crippen LogP contribution in [-0.4, -0.2) is 23.0 Å². The number of carbonyl (C=O) groups is 2. The van der Waals surface area contributed by atoms with Crippen molar-refractivity contribution in [2.75, 3.05) is 0 Å². The Morgan fingerprint density at radius 2 is 1.83 bits per heavy atom. The molecule has 0 fully saturated rings. The first-order valence-corrected chi connectivity index (χ1v) is 6.95. The second-order valence-corrected chi connectivity index (χ2v) is 5.39. The Morgan fingerprint density at radius 1 is 1.28 bits per heavy atom. The first-order valence-electron chi connectivity index (χ1n) is 6.13. The summed E-state index contributed by atoms with van der Waals surface area (Å²) in [4.78, 5) is 23.3. The molecule has 0 aliphatic rings. The van der Waals surface area contributed by atoms with Crippen LogP contribution in [0.4, 0.5) is 0 Å². The summed E-state index contributed by atoms with van der Waals surface area (Å²) in [6, 6.07) is 3.12. The number of rotatable bonds is 6. The molecule has 1 unspecified atom stereocenters. The lowest BCUT2D eigenvalue weighted by atomic mass is 9.95. The normalized spacial score (nSPS) is 12.4. The molecule has 0 aliphatic heterocycles. The number of amides is 1. The van der Waals surface area contributed by atoms with Crippen molar-refractivity contribution in [3.63, 3.8) is 0 Å². The van der Waals surface area contributed by atoms with Gasteiger partial charge in [-0.2, -0.15) is 0 Å². The van der Waals surface area contributed by atoms with Crippen molar-refractivity contribution in [1.29, 1.82) is 0 Å². The number of carbonyl (C=O) groups excluding carboxylic acids is 1. The van der Waals surface area contributed by atoms with Crippen LogP contribution in [0.5, 0.6) is 0 Å². The predicted octanol–water partition coefficient (Wildman–Crippen LogP) is 3.00. The van der Waals surface area contributed by atoms with E-state index in [4.69, 9.17) is 5.11 Å². The van der Waals surface area contributed by atoms with Gasteiger partial charge >= 0.3 is 5.97 Å². The molecule has 18 heavy (non-hydrogen) atoms. The van der Waals surface area contributed by atoms with Crippen LogP contribution in [0.1, 0.15) is 53.0 Å². The topological polar surface area (TPSA) is 66.4 Å². The third-order valence-electron chi connectivity index (χ3n) is 3.16. The van der Waals surface area contributed by atoms with Crippen molar-refractivity contribution in [2.45, 2.75) is 39.7 Å². The van der Waals surface area contributed by atoms with Gasteiger partial charge in [0.2, 0.25) is 0 Å². The average Bonchev–Trinajstić information content (AvgIpc) is 2.79. The van der Waals surface area contributed by atoms with Crippen LogP contribution in [0.3, 0.4) is 0 Å². The molecular formula is C13H19NO3S. The zero-order valence-electron chi connectivity index (χ0n) is 10.9. The highest BCUT2D eigenvalue weighted by Crippen LogP contribution is 2.18. The summed E-state index contributed by atoms with van der Waals surface area (Å²) in [5.74, 6) is -0.730. The summed E-state index contributed by atoms with van der Waals surface area (Å²) in [5, 5.41) is 11.7. The molecular weight excluding hydrogens is 250 g/mol. The highest BCUT2D eigenvalue weighted by molar-refractivity contribution is 7.15. The zero-order valence-corrected chi connectivity index (χ0v) is 11.7. The van der Waals surface area contributed by atoms with Gasteiger partial charge in [-0.1, -0.05) is 26.7 Å². The van der Waals surface area contributed by atoms with Crippen LogP contribution >= 0.6 is 11.3 Å². The van der Waals surface area contributed by atoms with E-state index in [1.807, 2.05) is 6.92 Å². The standard InChI is InChI=1S/C13H19NO3S/c1-4-9(5-2)8(3)14-12(15)10-6-7-11(18-10)13(16)17/h6-9H,4-5H2,1-3H3,(H,14,15)(H,16,17). The lowest BCUT2D eigenvalue weighted by Crippen LogP contribution is -2.37. The number of hydrogen-bond acceptors (Lipinski definition) is 3. The maximum absolute atomic E-state index is 11.9. The van der Waals surface area contributed by atoms with E-state index >= 15 is 0 Å². The van der Waals surface area contributed by atoms with Gasteiger partial charge in [0.25, 0.3) is 5.91 Å². The Kier molecular flexibility index (Phi) is 5.34. The van der Waals surface area contributed by atoms with Crippen LogP contribution in [0.15, 0.2) is 12.1 Å². The third kappa shape index (κ3) is 3.57. The molecule has 5 heteroatoms. The van der Waals surface area contributed by atoms with Gasteiger partial charge in [0.1, 0.15) is 4.88 Å². The maximum atomic E-state index is 11.9. The number of hydrogen-bond donors (Lipinski definition) is 2. The molecule has 0 saturated heterocycles. The summed E-state index contributed by atoms with van der Waals surface area (Å²) in [6.45, 7) is 6.19. The minimum Gasteiger partial charge on any atom is -0.477 e. The molecule has 1 heterocycles. The van der Waals surface area contributed by atoms with E-state index in [9.17, 15) is 9.59 Å². The van der Waals surface area contributed by atoms with E-state index in [1.54, 1.807) is 6.07 Å². The Morgan fingerprint density at radius 3 is 2.28 bits per heavy atom. The first-order chi connectivity index (χ1) is 8.49. The molecule has 0 saturated carbocycles. The second kappa shape index (κ2) is 6.54. The third-order valence-corrected chi connectivity index (χ3v) is 4.23. The Hall–Kier alpha value is -1.36. The number of thiophene rings is 1. The fourth-order valence-electron chi connectivity index (χ4n) is 1.97. The van der Waals surface area contributed by atoms with Crippen LogP contribution < -0.4 is 5.32 Å². The number of aromatic carboxylic acids is 1. The van der Waals surface area contributed by atoms with E-state index in [-0.39, 0.29) is 16.8 Å². The van der Waals surface area contributed by atoms with E-state index < -0.39 is 5.97 Å². The first kappa shape index (κ1) is 14.7. The van der Waals surface area contributed by atoms with Gasteiger partial charge in [-0.05, 0) is 25.0 Å². The van der Waals surface area contributed by atoms with Gasteiger partial charge in [0.15, 0.2) is 0 Å². The summed E-state index contributed by atoms with van der Waals surface area (Å²) >= 11 is 1.01. The van der Waals surface area contributed by atoms with E-state index in [1.165, 1.54) is 6.07 Å². The van der Waals surface area contributed by atoms with Crippen molar-refractivity contribution in [1.82, 2.24) is 5.32 Å². The smallest absolute Gasteiger partial charge is 0.345 e. The SMILES string of the molecule is CCC(CC)C(C)NC(=O)c1ccc(C(=O)O)s1. The van der Waals surface area contributed by atoms with E-state index in [2.05, 4.69) is 19.2 Å². The van der Waals surface area contributed by atoms with Gasteiger partial charge in [0.05, 0.1) is 4.88 Å². The lowest BCUT2D eigenvalue weighted by Gasteiger charge is -2.22. The molecule has 0 aliphatic carbocycles. The van der Waals surface area contributed by atoms with Crippen molar-refractivity contribution >= 4 is 23.2 Å². The molecule has 1 aromatic heterocycles. The van der Waals surface area contributed by atoms with Crippen molar-refractivity contribution in [3.05, 3.63) is 21.9 Å². The highest BCUT2D eigenvalue weighted by Gasteiger charge is 2.18. The summed E-state index contributed by atoms with van der Waals surface area (Å²) in [7, 11) is 0. The summed E-state index contributed by atoms with van der Waals surface area (Å²) < 4.78 is 0. The van der Waals surface area contributed by atoms with Crippen LogP contribution in [0, 0.1) is 5.92 Å². The van der Waals surface area contributed by atoms with Gasteiger partial charge in [-0.15, -0.1) is 11.3 Å². The number of carboxylic acids is 1. The van der Waals surface area contributed by atoms with Gasteiger partial charge in [0, 0.05) is 6.04 Å². The Bertz CT molecular complexity index is 424. The number of nitrogens with one attached hydrogen (secondary N) is 1. The molecule has 1 aromatic rings. The maximum Gasteiger partial charge on any atom is 0.345 e. The molecule has 1 amide bonds. The summed E-state index contributed by atoms with van der Waals surface area (Å²) in [5.41, 5.74) is 0. The molecule has 2 N–H and O–H groups in total. The highest BCUT2D eigenvalue weighted by atomic mass is 32.1. The largest absolute Gasteiger partial charge is 0.477 e. The van der Waals surface area contributed by atoms with Crippen LogP contribution in [0.2, 0.25) is 0 Å². The van der Waals surface area contributed by atoms with Crippen molar-refractivity contribution in [2.24, 2.45) is 5.92 Å². The predicted molar refractivity (Wildman–Crippen MR) is 72.3 cm³/mol. The van der Waals surface area contributed by atoms with Gasteiger partial charge < -0.3 is 10.4 Å². The molecule has 0 spiro atoms. The van der Waals surface area contributed by atoms with Crippen molar-refractivity contribution < 1.29 is 14.7 Å². The van der Waals surface area contributed by atoms with Crippen LogP contribution in [0.25, 0.3) is 0 Å². The summed E-state index contributed by atoms with van der Waals surface area (Å²) in [6.07, 6.45) is 2.03. The Labute approximate surface area is 111 Å². The molecule has 100 valence electrons. The molecule has 4 nitrogen and oxygen atoms in total. The fourth-order valence-corrected chi connectivity index (χ4v) is 2.71. The molecule has 0 bridgehead atoms. The molecule has 1 atom stereocenters. The Balaban J connectivity index is 2.67. The van der Waals surface area contributed by atoms with Gasteiger partial charge in [-0.25, -0.2) is 4.79 Å². The van der Waals surface area contributed by atoms with Crippen LogP contribution in [-0.2, 0) is 0 Å². The second-order valence-electron chi connectivity index (χ2n) is 4.31. The number of carboxylic acid groups (broad SMARTS) is 1. The van der Waals surface area contributed by atoms with Gasteiger partial charge in [-0.3, -0.25) is 4.79 Å². The molecule has 1 rings (SSSR count). The monoisotopic (exact) mass is 269 g/mol. The minimum atomic E-state index is -0.993. The van der Waals surface area contributed by atoms with Crippen molar-refractivity contribution in [3.8, 4) is 0 Å².